The summed E-state index contributed by atoms with van der Waals surface area (Å²) in [5.41, 5.74) is 3.18. The summed E-state index contributed by atoms with van der Waals surface area (Å²) in [6.07, 6.45) is 13.4. The van der Waals surface area contributed by atoms with Crippen LogP contribution in [0.1, 0.15) is 78.1 Å². The molecular formula is C26H42FNO2. The standard InChI is InChI=1S/C26H42FNO2/c1-18(9-12-28-13-10-21(27)17-28)24-7-8-25-20(4-3-11-26(24,25)2)6-5-19-14-22(29)16-23(30)15-19/h5-6,18,21-25,29-30H,3-4,7-17H2,1-2H3/b20-6+/t18-,21-,22-,23-,24-,25+,26-/m1/s1. The van der Waals surface area contributed by atoms with Crippen molar-refractivity contribution in [3.05, 3.63) is 23.3 Å². The smallest absolute Gasteiger partial charge is 0.114 e. The van der Waals surface area contributed by atoms with Gasteiger partial charge in [-0.1, -0.05) is 37.1 Å². The summed E-state index contributed by atoms with van der Waals surface area (Å²) in [4.78, 5) is 2.32. The Balaban J connectivity index is 1.40. The molecule has 0 bridgehead atoms. The molecule has 4 fully saturated rings. The highest BCUT2D eigenvalue weighted by Gasteiger charge is 2.50. The summed E-state index contributed by atoms with van der Waals surface area (Å²) >= 11 is 0. The number of rotatable bonds is 5. The predicted molar refractivity (Wildman–Crippen MR) is 120 cm³/mol. The van der Waals surface area contributed by atoms with Gasteiger partial charge in [-0.2, -0.15) is 0 Å². The van der Waals surface area contributed by atoms with E-state index in [4.69, 9.17) is 0 Å². The van der Waals surface area contributed by atoms with E-state index in [0.717, 1.165) is 25.4 Å². The van der Waals surface area contributed by atoms with Gasteiger partial charge in [0.2, 0.25) is 0 Å². The van der Waals surface area contributed by atoms with Crippen LogP contribution >= 0.6 is 0 Å². The van der Waals surface area contributed by atoms with E-state index in [1.54, 1.807) is 5.57 Å². The summed E-state index contributed by atoms with van der Waals surface area (Å²) in [5, 5.41) is 19.9. The van der Waals surface area contributed by atoms with Crippen molar-refractivity contribution in [2.75, 3.05) is 19.6 Å². The number of likely N-dealkylation sites (tertiary alicyclic amines) is 1. The predicted octanol–water partition coefficient (Wildman–Crippen LogP) is 5.03. The first-order valence-corrected chi connectivity index (χ1v) is 12.5. The van der Waals surface area contributed by atoms with Gasteiger partial charge in [0, 0.05) is 13.1 Å². The second-order valence-corrected chi connectivity index (χ2v) is 11.1. The normalized spacial score (nSPS) is 42.5. The quantitative estimate of drug-likeness (QED) is 0.657. The fourth-order valence-corrected chi connectivity index (χ4v) is 7.32. The van der Waals surface area contributed by atoms with Crippen LogP contribution in [0, 0.1) is 23.2 Å². The first kappa shape index (κ1) is 22.5. The number of nitrogens with zero attached hydrogens (tertiary/aromatic N) is 1. The summed E-state index contributed by atoms with van der Waals surface area (Å²) in [6.45, 7) is 7.60. The van der Waals surface area contributed by atoms with E-state index in [1.807, 2.05) is 0 Å². The summed E-state index contributed by atoms with van der Waals surface area (Å²) < 4.78 is 13.5. The number of halogens is 1. The van der Waals surface area contributed by atoms with Crippen LogP contribution < -0.4 is 0 Å². The van der Waals surface area contributed by atoms with Gasteiger partial charge in [0.15, 0.2) is 0 Å². The molecule has 30 heavy (non-hydrogen) atoms. The minimum atomic E-state index is -0.611. The van der Waals surface area contributed by atoms with Crippen LogP contribution in [-0.2, 0) is 0 Å². The zero-order valence-corrected chi connectivity index (χ0v) is 19.0. The Kier molecular flexibility index (Phi) is 7.06. The molecule has 7 atom stereocenters. The number of hydrogen-bond acceptors (Lipinski definition) is 3. The fourth-order valence-electron chi connectivity index (χ4n) is 7.32. The van der Waals surface area contributed by atoms with Gasteiger partial charge < -0.3 is 15.1 Å². The number of allylic oxidation sites excluding steroid dienone is 3. The van der Waals surface area contributed by atoms with Gasteiger partial charge in [-0.15, -0.1) is 0 Å². The zero-order valence-electron chi connectivity index (χ0n) is 19.0. The highest BCUT2D eigenvalue weighted by atomic mass is 19.1. The van der Waals surface area contributed by atoms with E-state index in [9.17, 15) is 14.6 Å². The molecule has 0 amide bonds. The first-order chi connectivity index (χ1) is 14.3. The molecule has 170 valence electrons. The number of aliphatic hydroxyl groups excluding tert-OH is 2. The molecule has 0 aromatic heterocycles. The second kappa shape index (κ2) is 9.42. The van der Waals surface area contributed by atoms with Crippen LogP contribution in [0.5, 0.6) is 0 Å². The van der Waals surface area contributed by atoms with Crippen molar-refractivity contribution in [1.29, 1.82) is 0 Å². The summed E-state index contributed by atoms with van der Waals surface area (Å²) in [7, 11) is 0. The van der Waals surface area contributed by atoms with Gasteiger partial charge in [-0.05, 0) is 93.9 Å². The Labute approximate surface area is 182 Å². The van der Waals surface area contributed by atoms with Gasteiger partial charge in [0.25, 0.3) is 0 Å². The maximum absolute atomic E-state index is 13.5. The average Bonchev–Trinajstić information content (AvgIpc) is 3.26. The number of alkyl halides is 1. The Hall–Kier alpha value is -0.710. The van der Waals surface area contributed by atoms with Crippen LogP contribution in [-0.4, -0.2) is 53.1 Å². The minimum absolute atomic E-state index is 0.390. The summed E-state index contributed by atoms with van der Waals surface area (Å²) in [6, 6.07) is 0. The molecule has 0 unspecified atom stereocenters. The van der Waals surface area contributed by atoms with Crippen LogP contribution in [0.2, 0.25) is 0 Å². The molecular weight excluding hydrogens is 377 g/mol. The number of aliphatic hydroxyl groups is 2. The Morgan fingerprint density at radius 3 is 2.63 bits per heavy atom. The fraction of sp³-hybridized carbons (Fsp3) is 0.846. The molecule has 4 rings (SSSR count). The van der Waals surface area contributed by atoms with Crippen molar-refractivity contribution in [1.82, 2.24) is 4.90 Å². The van der Waals surface area contributed by atoms with E-state index in [0.29, 0.717) is 43.1 Å². The third-order valence-electron chi connectivity index (χ3n) is 8.91. The zero-order chi connectivity index (χ0) is 21.3. The molecule has 2 N–H and O–H groups in total. The molecule has 1 saturated heterocycles. The topological polar surface area (TPSA) is 43.7 Å². The van der Waals surface area contributed by atoms with E-state index < -0.39 is 18.4 Å². The maximum atomic E-state index is 13.5. The average molecular weight is 420 g/mol. The lowest BCUT2D eigenvalue weighted by Crippen LogP contribution is -2.37. The van der Waals surface area contributed by atoms with Gasteiger partial charge in [0.05, 0.1) is 12.2 Å². The number of fused-ring (bicyclic) bond motifs is 1. The molecule has 3 aliphatic carbocycles. The first-order valence-electron chi connectivity index (χ1n) is 12.5. The molecule has 0 aromatic carbocycles. The number of hydrogen-bond donors (Lipinski definition) is 2. The van der Waals surface area contributed by atoms with Crippen LogP contribution in [0.25, 0.3) is 0 Å². The Morgan fingerprint density at radius 1 is 1.17 bits per heavy atom. The van der Waals surface area contributed by atoms with Gasteiger partial charge >= 0.3 is 0 Å². The monoisotopic (exact) mass is 419 g/mol. The lowest BCUT2D eigenvalue weighted by Gasteiger charge is -2.44. The second-order valence-electron chi connectivity index (χ2n) is 11.1. The van der Waals surface area contributed by atoms with E-state index in [1.165, 1.54) is 44.1 Å². The van der Waals surface area contributed by atoms with E-state index in [2.05, 4.69) is 30.9 Å². The molecule has 0 radical (unpaired) electrons. The van der Waals surface area contributed by atoms with Crippen molar-refractivity contribution in [2.45, 2.75) is 96.4 Å². The maximum Gasteiger partial charge on any atom is 0.114 e. The Bertz CT molecular complexity index is 649. The SMILES string of the molecule is C[C@H](CCN1CC[C@@H](F)C1)[C@H]1CC[C@H]2/C(=C/C=C3C[C@@H](O)C[C@H](O)C3)CCC[C@]12C. The van der Waals surface area contributed by atoms with Crippen molar-refractivity contribution < 1.29 is 14.6 Å². The summed E-state index contributed by atoms with van der Waals surface area (Å²) in [5.74, 6) is 2.14. The largest absolute Gasteiger partial charge is 0.393 e. The molecule has 4 heteroatoms. The lowest BCUT2D eigenvalue weighted by molar-refractivity contribution is 0.0609. The minimum Gasteiger partial charge on any atom is -0.393 e. The Morgan fingerprint density at radius 2 is 1.93 bits per heavy atom. The highest BCUT2D eigenvalue weighted by molar-refractivity contribution is 5.26. The molecule has 0 aromatic rings. The van der Waals surface area contributed by atoms with Crippen molar-refractivity contribution >= 4 is 0 Å². The van der Waals surface area contributed by atoms with Crippen LogP contribution in [0.4, 0.5) is 4.39 Å². The van der Waals surface area contributed by atoms with Gasteiger partial charge in [-0.25, -0.2) is 4.39 Å². The van der Waals surface area contributed by atoms with Crippen molar-refractivity contribution in [3.63, 3.8) is 0 Å². The third-order valence-corrected chi connectivity index (χ3v) is 8.91. The molecule has 4 aliphatic rings. The van der Waals surface area contributed by atoms with Crippen LogP contribution in [0.3, 0.4) is 0 Å². The lowest BCUT2D eigenvalue weighted by atomic mass is 9.61. The third kappa shape index (κ3) is 4.86. The van der Waals surface area contributed by atoms with E-state index >= 15 is 0 Å². The van der Waals surface area contributed by atoms with Crippen molar-refractivity contribution in [3.8, 4) is 0 Å². The highest BCUT2D eigenvalue weighted by Crippen LogP contribution is 2.59. The molecule has 1 aliphatic heterocycles. The van der Waals surface area contributed by atoms with E-state index in [-0.39, 0.29) is 0 Å². The van der Waals surface area contributed by atoms with Gasteiger partial charge in [-0.3, -0.25) is 0 Å². The van der Waals surface area contributed by atoms with Crippen LogP contribution in [0.15, 0.2) is 23.3 Å². The molecule has 0 spiro atoms. The van der Waals surface area contributed by atoms with Gasteiger partial charge in [0.1, 0.15) is 6.17 Å². The molecule has 3 nitrogen and oxygen atoms in total. The molecule has 1 heterocycles. The van der Waals surface area contributed by atoms with Crippen molar-refractivity contribution in [2.24, 2.45) is 23.2 Å². The molecule has 3 saturated carbocycles.